The molecule has 0 aliphatic carbocycles. The van der Waals surface area contributed by atoms with Crippen LogP contribution in [0.2, 0.25) is 0 Å². The van der Waals surface area contributed by atoms with Gasteiger partial charge in [-0.15, -0.1) is 0 Å². The lowest BCUT2D eigenvalue weighted by Gasteiger charge is -2.26. The van der Waals surface area contributed by atoms with Crippen LogP contribution >= 0.6 is 0 Å². The van der Waals surface area contributed by atoms with E-state index in [0.29, 0.717) is 13.0 Å². The molecule has 3 N–H and O–H groups in total. The molecule has 0 aromatic carbocycles. The van der Waals surface area contributed by atoms with Gasteiger partial charge in [0.25, 0.3) is 0 Å². The quantitative estimate of drug-likeness (QED) is 0.657. The van der Waals surface area contributed by atoms with Gasteiger partial charge in [-0.3, -0.25) is 4.79 Å². The van der Waals surface area contributed by atoms with Crippen molar-refractivity contribution in [1.82, 2.24) is 4.90 Å². The number of nitrogens with zero attached hydrogens (tertiary/aromatic N) is 1. The van der Waals surface area contributed by atoms with Crippen LogP contribution in [-0.2, 0) is 4.79 Å². The third-order valence-electron chi connectivity index (χ3n) is 2.84. The second kappa shape index (κ2) is 4.28. The summed E-state index contributed by atoms with van der Waals surface area (Å²) in [7, 11) is 0. The summed E-state index contributed by atoms with van der Waals surface area (Å²) in [5.74, 6) is 0.108. The summed E-state index contributed by atoms with van der Waals surface area (Å²) in [5, 5.41) is 9.40. The highest BCUT2D eigenvalue weighted by molar-refractivity contribution is 5.82. The highest BCUT2D eigenvalue weighted by Gasteiger charge is 2.34. The van der Waals surface area contributed by atoms with Crippen molar-refractivity contribution < 1.29 is 9.90 Å². The minimum absolute atomic E-state index is 0.0379. The van der Waals surface area contributed by atoms with Gasteiger partial charge in [0.05, 0.1) is 12.1 Å². The highest BCUT2D eigenvalue weighted by atomic mass is 16.3. The number of hydrogen-bond acceptors (Lipinski definition) is 3. The maximum Gasteiger partial charge on any atom is 0.240 e. The summed E-state index contributed by atoms with van der Waals surface area (Å²) >= 11 is 0. The van der Waals surface area contributed by atoms with Crippen LogP contribution in [0.25, 0.3) is 0 Å². The van der Waals surface area contributed by atoms with E-state index in [4.69, 9.17) is 5.73 Å². The standard InChI is InChI=1S/C10H20N2O2/c1-6(2)9(11)10(14)12-5-8(13)4-7(12)3/h6-9,13H,4-5,11H2,1-3H3. The number of nitrogens with two attached hydrogens (primary N) is 1. The van der Waals surface area contributed by atoms with Crippen molar-refractivity contribution in [3.8, 4) is 0 Å². The number of rotatable bonds is 2. The lowest BCUT2D eigenvalue weighted by Crippen LogP contribution is -2.48. The fourth-order valence-electron chi connectivity index (χ4n) is 1.79. The molecule has 4 nitrogen and oxygen atoms in total. The zero-order valence-electron chi connectivity index (χ0n) is 9.10. The van der Waals surface area contributed by atoms with Gasteiger partial charge in [0.2, 0.25) is 5.91 Å². The predicted molar refractivity (Wildman–Crippen MR) is 54.6 cm³/mol. The molecular formula is C10H20N2O2. The molecule has 0 radical (unpaired) electrons. The maximum atomic E-state index is 11.8. The molecule has 0 saturated carbocycles. The molecule has 0 aromatic rings. The first-order valence-electron chi connectivity index (χ1n) is 5.17. The number of aliphatic hydroxyl groups is 1. The molecule has 3 unspecified atom stereocenters. The average molecular weight is 200 g/mol. The van der Waals surface area contributed by atoms with Crippen molar-refractivity contribution in [2.24, 2.45) is 11.7 Å². The van der Waals surface area contributed by atoms with Crippen molar-refractivity contribution >= 4 is 5.91 Å². The molecule has 1 amide bonds. The third-order valence-corrected chi connectivity index (χ3v) is 2.84. The Bertz CT molecular complexity index is 218. The molecular weight excluding hydrogens is 180 g/mol. The van der Waals surface area contributed by atoms with Crippen LogP contribution in [0.1, 0.15) is 27.2 Å². The Morgan fingerprint density at radius 1 is 1.57 bits per heavy atom. The average Bonchev–Trinajstić information content (AvgIpc) is 2.42. The Morgan fingerprint density at radius 2 is 2.14 bits per heavy atom. The summed E-state index contributed by atoms with van der Waals surface area (Å²) in [5.41, 5.74) is 5.77. The Balaban J connectivity index is 2.61. The van der Waals surface area contributed by atoms with Crippen molar-refractivity contribution in [2.75, 3.05) is 6.54 Å². The van der Waals surface area contributed by atoms with E-state index in [1.54, 1.807) is 4.90 Å². The molecule has 14 heavy (non-hydrogen) atoms. The van der Waals surface area contributed by atoms with Gasteiger partial charge in [-0.05, 0) is 19.3 Å². The molecule has 0 bridgehead atoms. The Kier molecular flexibility index (Phi) is 3.50. The first kappa shape index (κ1) is 11.5. The fraction of sp³-hybridized carbons (Fsp3) is 0.900. The van der Waals surface area contributed by atoms with E-state index < -0.39 is 6.04 Å². The lowest BCUT2D eigenvalue weighted by molar-refractivity contribution is -0.134. The fourth-order valence-corrected chi connectivity index (χ4v) is 1.79. The van der Waals surface area contributed by atoms with E-state index in [-0.39, 0.29) is 24.0 Å². The van der Waals surface area contributed by atoms with Gasteiger partial charge in [0, 0.05) is 12.6 Å². The van der Waals surface area contributed by atoms with E-state index in [9.17, 15) is 9.90 Å². The Morgan fingerprint density at radius 3 is 2.50 bits per heavy atom. The number of carbonyl (C=O) groups excluding carboxylic acids is 1. The van der Waals surface area contributed by atoms with E-state index in [1.807, 2.05) is 20.8 Å². The smallest absolute Gasteiger partial charge is 0.240 e. The number of hydrogen-bond donors (Lipinski definition) is 2. The molecule has 1 aliphatic rings. The molecule has 3 atom stereocenters. The second-order valence-corrected chi connectivity index (χ2v) is 4.50. The summed E-state index contributed by atoms with van der Waals surface area (Å²) < 4.78 is 0. The normalized spacial score (nSPS) is 29.7. The topological polar surface area (TPSA) is 66.6 Å². The summed E-state index contributed by atoms with van der Waals surface area (Å²) in [6, 6.07) is -0.329. The molecule has 82 valence electrons. The monoisotopic (exact) mass is 200 g/mol. The van der Waals surface area contributed by atoms with Crippen molar-refractivity contribution in [3.63, 3.8) is 0 Å². The largest absolute Gasteiger partial charge is 0.391 e. The van der Waals surface area contributed by atoms with Gasteiger partial charge in [0.15, 0.2) is 0 Å². The zero-order valence-corrected chi connectivity index (χ0v) is 9.10. The van der Waals surface area contributed by atoms with Crippen LogP contribution in [-0.4, -0.2) is 40.6 Å². The predicted octanol–water partition coefficient (Wildman–Crippen LogP) is -0.0486. The first-order valence-corrected chi connectivity index (χ1v) is 5.17. The molecule has 0 spiro atoms. The summed E-state index contributed by atoms with van der Waals surface area (Å²) in [6.45, 7) is 6.24. The number of likely N-dealkylation sites (tertiary alicyclic amines) is 1. The summed E-state index contributed by atoms with van der Waals surface area (Å²) in [6.07, 6.45) is 0.282. The molecule has 1 saturated heterocycles. The molecule has 1 aliphatic heterocycles. The Hall–Kier alpha value is -0.610. The van der Waals surface area contributed by atoms with Crippen molar-refractivity contribution in [3.05, 3.63) is 0 Å². The number of aliphatic hydroxyl groups excluding tert-OH is 1. The molecule has 1 heterocycles. The maximum absolute atomic E-state index is 11.8. The van der Waals surface area contributed by atoms with Gasteiger partial charge in [-0.2, -0.15) is 0 Å². The van der Waals surface area contributed by atoms with Crippen LogP contribution in [0.4, 0.5) is 0 Å². The third kappa shape index (κ3) is 2.25. The van der Waals surface area contributed by atoms with Gasteiger partial charge in [-0.1, -0.05) is 13.8 Å². The van der Waals surface area contributed by atoms with E-state index in [2.05, 4.69) is 0 Å². The van der Waals surface area contributed by atoms with Crippen LogP contribution < -0.4 is 5.73 Å². The number of amides is 1. The number of β-amino-alcohol motifs (C(OH)–C–C–N with tert-alkyl or cyclic N) is 1. The van der Waals surface area contributed by atoms with Gasteiger partial charge < -0.3 is 15.7 Å². The molecule has 4 heteroatoms. The van der Waals surface area contributed by atoms with Crippen LogP contribution in [0, 0.1) is 5.92 Å². The highest BCUT2D eigenvalue weighted by Crippen LogP contribution is 2.19. The van der Waals surface area contributed by atoms with Gasteiger partial charge >= 0.3 is 0 Å². The lowest BCUT2D eigenvalue weighted by atomic mass is 10.0. The second-order valence-electron chi connectivity index (χ2n) is 4.50. The summed E-state index contributed by atoms with van der Waals surface area (Å²) in [4.78, 5) is 13.5. The van der Waals surface area contributed by atoms with Crippen LogP contribution in [0.3, 0.4) is 0 Å². The van der Waals surface area contributed by atoms with Crippen molar-refractivity contribution in [2.45, 2.75) is 45.4 Å². The molecule has 0 aromatic heterocycles. The van der Waals surface area contributed by atoms with Gasteiger partial charge in [0.1, 0.15) is 0 Å². The minimum Gasteiger partial charge on any atom is -0.391 e. The van der Waals surface area contributed by atoms with E-state index in [0.717, 1.165) is 0 Å². The zero-order chi connectivity index (χ0) is 10.9. The van der Waals surface area contributed by atoms with Crippen molar-refractivity contribution in [1.29, 1.82) is 0 Å². The van der Waals surface area contributed by atoms with E-state index in [1.165, 1.54) is 0 Å². The number of carbonyl (C=O) groups is 1. The minimum atomic E-state index is -0.442. The van der Waals surface area contributed by atoms with Gasteiger partial charge in [-0.25, -0.2) is 0 Å². The molecule has 1 fully saturated rings. The van der Waals surface area contributed by atoms with Crippen LogP contribution in [0.15, 0.2) is 0 Å². The van der Waals surface area contributed by atoms with E-state index >= 15 is 0 Å². The molecule has 1 rings (SSSR count). The SMILES string of the molecule is CC(C)C(N)C(=O)N1CC(O)CC1C. The van der Waals surface area contributed by atoms with Crippen LogP contribution in [0.5, 0.6) is 0 Å². The Labute approximate surface area is 85.1 Å². The first-order chi connectivity index (χ1) is 6.43.